The second-order valence-electron chi connectivity index (χ2n) is 7.81. The summed E-state index contributed by atoms with van der Waals surface area (Å²) in [4.78, 5) is 13.7. The van der Waals surface area contributed by atoms with Crippen molar-refractivity contribution in [1.82, 2.24) is 5.32 Å². The van der Waals surface area contributed by atoms with Crippen molar-refractivity contribution in [3.63, 3.8) is 0 Å². The number of nitriles is 1. The fraction of sp³-hybridized carbons (Fsp3) is 0.409. The van der Waals surface area contributed by atoms with E-state index in [4.69, 9.17) is 17.0 Å². The Morgan fingerprint density at radius 3 is 2.76 bits per heavy atom. The Morgan fingerprint density at radius 1 is 1.38 bits per heavy atom. The first-order valence-electron chi connectivity index (χ1n) is 9.77. The molecule has 1 aliphatic carbocycles. The summed E-state index contributed by atoms with van der Waals surface area (Å²) in [7, 11) is 0. The predicted octanol–water partition coefficient (Wildman–Crippen LogP) is 4.91. The van der Waals surface area contributed by atoms with E-state index in [1.807, 2.05) is 0 Å². The van der Waals surface area contributed by atoms with Gasteiger partial charge in [-0.3, -0.25) is 10.1 Å². The Balaban J connectivity index is 1.62. The van der Waals surface area contributed by atoms with Crippen molar-refractivity contribution in [2.75, 3.05) is 11.9 Å². The van der Waals surface area contributed by atoms with Crippen molar-refractivity contribution in [3.05, 3.63) is 45.8 Å². The van der Waals surface area contributed by atoms with Gasteiger partial charge >= 0.3 is 0 Å². The third-order valence-corrected chi connectivity index (χ3v) is 6.15. The number of carbonyl (C=O) groups excluding carboxylic acids is 1. The molecule has 0 aliphatic heterocycles. The van der Waals surface area contributed by atoms with Crippen molar-refractivity contribution >= 4 is 39.6 Å². The van der Waals surface area contributed by atoms with Crippen LogP contribution in [0.2, 0.25) is 0 Å². The molecule has 1 aliphatic rings. The topological polar surface area (TPSA) is 74.2 Å². The number of hydrogen-bond acceptors (Lipinski definition) is 5. The van der Waals surface area contributed by atoms with Crippen LogP contribution < -0.4 is 15.4 Å². The van der Waals surface area contributed by atoms with Gasteiger partial charge in [-0.05, 0) is 73.1 Å². The molecule has 0 saturated carbocycles. The zero-order valence-corrected chi connectivity index (χ0v) is 18.5. The maximum absolute atomic E-state index is 12.5. The molecule has 0 spiro atoms. The third kappa shape index (κ3) is 5.34. The Hall–Kier alpha value is -2.43. The Labute approximate surface area is 181 Å². The minimum atomic E-state index is -0.300. The zero-order chi connectivity index (χ0) is 21.0. The van der Waals surface area contributed by atoms with Crippen molar-refractivity contribution in [2.45, 2.75) is 40.0 Å². The Kier molecular flexibility index (Phi) is 6.88. The van der Waals surface area contributed by atoms with E-state index in [2.05, 4.69) is 37.5 Å². The number of ether oxygens (including phenoxy) is 1. The number of fused-ring (bicyclic) bond motifs is 1. The maximum atomic E-state index is 12.5. The van der Waals surface area contributed by atoms with Crippen LogP contribution in [0, 0.1) is 23.2 Å². The molecule has 2 aromatic rings. The fourth-order valence-corrected chi connectivity index (χ4v) is 4.86. The molecule has 1 unspecified atom stereocenters. The van der Waals surface area contributed by atoms with Gasteiger partial charge in [-0.25, -0.2) is 0 Å². The number of nitrogens with one attached hydrogen (secondary N) is 2. The van der Waals surface area contributed by atoms with Crippen LogP contribution >= 0.6 is 23.6 Å². The second kappa shape index (κ2) is 9.38. The summed E-state index contributed by atoms with van der Waals surface area (Å²) in [5, 5.41) is 16.2. The van der Waals surface area contributed by atoms with Crippen LogP contribution in [-0.4, -0.2) is 17.6 Å². The SMILES string of the molecule is CC(C)COc1ccc(C(=O)NC(=S)Nc2sc3c(c2C#N)CCC(C)C3)cc1. The van der Waals surface area contributed by atoms with E-state index in [9.17, 15) is 10.1 Å². The lowest BCUT2D eigenvalue weighted by Gasteiger charge is -2.17. The van der Waals surface area contributed by atoms with Crippen molar-refractivity contribution in [3.8, 4) is 11.8 Å². The molecule has 0 fully saturated rings. The van der Waals surface area contributed by atoms with Gasteiger partial charge in [-0.1, -0.05) is 20.8 Å². The van der Waals surface area contributed by atoms with E-state index in [0.29, 0.717) is 34.6 Å². The smallest absolute Gasteiger partial charge is 0.257 e. The van der Waals surface area contributed by atoms with Crippen molar-refractivity contribution < 1.29 is 9.53 Å². The Bertz CT molecular complexity index is 942. The fourth-order valence-electron chi connectivity index (χ4n) is 3.23. The van der Waals surface area contributed by atoms with Gasteiger partial charge in [0.05, 0.1) is 12.2 Å². The van der Waals surface area contributed by atoms with Crippen LogP contribution in [0.3, 0.4) is 0 Å². The van der Waals surface area contributed by atoms with Crippen LogP contribution in [0.1, 0.15) is 53.6 Å². The normalized spacial score (nSPS) is 15.3. The average Bonchev–Trinajstić information content (AvgIpc) is 3.02. The minimum Gasteiger partial charge on any atom is -0.493 e. The number of carbonyl (C=O) groups is 1. The molecule has 152 valence electrons. The van der Waals surface area contributed by atoms with Gasteiger partial charge in [-0.2, -0.15) is 5.26 Å². The van der Waals surface area contributed by atoms with Crippen LogP contribution in [-0.2, 0) is 12.8 Å². The molecule has 7 heteroatoms. The largest absolute Gasteiger partial charge is 0.493 e. The van der Waals surface area contributed by atoms with Gasteiger partial charge < -0.3 is 10.1 Å². The Morgan fingerprint density at radius 2 is 2.10 bits per heavy atom. The van der Waals surface area contributed by atoms with Crippen LogP contribution in [0.15, 0.2) is 24.3 Å². The van der Waals surface area contributed by atoms with E-state index in [-0.39, 0.29) is 11.0 Å². The highest BCUT2D eigenvalue weighted by Gasteiger charge is 2.24. The molecule has 0 bridgehead atoms. The number of nitrogens with zero attached hydrogens (tertiary/aromatic N) is 1. The van der Waals surface area contributed by atoms with Gasteiger partial charge in [-0.15, -0.1) is 11.3 Å². The maximum Gasteiger partial charge on any atom is 0.257 e. The summed E-state index contributed by atoms with van der Waals surface area (Å²) in [5.41, 5.74) is 2.27. The molecule has 1 aromatic heterocycles. The highest BCUT2D eigenvalue weighted by molar-refractivity contribution is 7.80. The van der Waals surface area contributed by atoms with Crippen LogP contribution in [0.4, 0.5) is 5.00 Å². The molecule has 29 heavy (non-hydrogen) atoms. The summed E-state index contributed by atoms with van der Waals surface area (Å²) >= 11 is 6.87. The standard InChI is InChI=1S/C22H25N3O2S2/c1-13(2)12-27-16-7-5-15(6-8-16)20(26)24-22(28)25-21-18(11-23)17-9-4-14(3)10-19(17)29-21/h5-8,13-14H,4,9-10,12H2,1-3H3,(H2,24,25,26,28). The molecule has 2 N–H and O–H groups in total. The molecular formula is C22H25N3O2S2. The van der Waals surface area contributed by atoms with E-state index in [0.717, 1.165) is 30.6 Å². The van der Waals surface area contributed by atoms with Gasteiger partial charge in [0, 0.05) is 10.4 Å². The van der Waals surface area contributed by atoms with E-state index in [1.54, 1.807) is 35.6 Å². The van der Waals surface area contributed by atoms with E-state index < -0.39 is 0 Å². The van der Waals surface area contributed by atoms with Crippen LogP contribution in [0.25, 0.3) is 0 Å². The molecule has 1 heterocycles. The number of amides is 1. The first kappa shape index (κ1) is 21.3. The monoisotopic (exact) mass is 427 g/mol. The number of thiocarbonyl (C=S) groups is 1. The lowest BCUT2D eigenvalue weighted by Crippen LogP contribution is -2.34. The highest BCUT2D eigenvalue weighted by Crippen LogP contribution is 2.39. The van der Waals surface area contributed by atoms with Crippen LogP contribution in [0.5, 0.6) is 5.75 Å². The molecule has 1 aromatic carbocycles. The second-order valence-corrected chi connectivity index (χ2v) is 9.32. The number of anilines is 1. The minimum absolute atomic E-state index is 0.193. The van der Waals surface area contributed by atoms with Gasteiger partial charge in [0.1, 0.15) is 16.8 Å². The third-order valence-electron chi connectivity index (χ3n) is 4.78. The molecule has 5 nitrogen and oxygen atoms in total. The molecule has 1 atom stereocenters. The number of benzene rings is 1. The summed E-state index contributed by atoms with van der Waals surface area (Å²) in [6, 6.07) is 9.26. The number of rotatable bonds is 5. The van der Waals surface area contributed by atoms with Crippen molar-refractivity contribution in [2.24, 2.45) is 11.8 Å². The van der Waals surface area contributed by atoms with Gasteiger partial charge in [0.15, 0.2) is 5.11 Å². The highest BCUT2D eigenvalue weighted by atomic mass is 32.1. The van der Waals surface area contributed by atoms with E-state index in [1.165, 1.54) is 4.88 Å². The lowest BCUT2D eigenvalue weighted by atomic mass is 9.89. The van der Waals surface area contributed by atoms with Crippen molar-refractivity contribution in [1.29, 1.82) is 5.26 Å². The summed E-state index contributed by atoms with van der Waals surface area (Å²) in [6.45, 7) is 7.02. The van der Waals surface area contributed by atoms with Gasteiger partial charge in [0.2, 0.25) is 0 Å². The zero-order valence-electron chi connectivity index (χ0n) is 16.9. The van der Waals surface area contributed by atoms with Gasteiger partial charge in [0.25, 0.3) is 5.91 Å². The summed E-state index contributed by atoms with van der Waals surface area (Å²) in [5.74, 6) is 1.49. The number of thiophene rings is 1. The first-order valence-corrected chi connectivity index (χ1v) is 11.0. The molecule has 0 saturated heterocycles. The van der Waals surface area contributed by atoms with E-state index >= 15 is 0 Å². The predicted molar refractivity (Wildman–Crippen MR) is 121 cm³/mol. The lowest BCUT2D eigenvalue weighted by molar-refractivity contribution is 0.0977. The first-order chi connectivity index (χ1) is 13.9. The number of hydrogen-bond donors (Lipinski definition) is 2. The molecular weight excluding hydrogens is 402 g/mol. The molecule has 1 amide bonds. The molecule has 3 rings (SSSR count). The quantitative estimate of drug-likeness (QED) is 0.664. The average molecular weight is 428 g/mol. The summed E-state index contributed by atoms with van der Waals surface area (Å²) < 4.78 is 5.64. The summed E-state index contributed by atoms with van der Waals surface area (Å²) in [6.07, 6.45) is 3.00. The molecule has 0 radical (unpaired) electrons.